The number of pyridine rings is 1. The van der Waals surface area contributed by atoms with Gasteiger partial charge in [-0.25, -0.2) is 4.98 Å². The minimum atomic E-state index is -0.712. The van der Waals surface area contributed by atoms with Crippen molar-refractivity contribution in [1.82, 2.24) is 14.9 Å². The van der Waals surface area contributed by atoms with Crippen LogP contribution in [-0.2, 0) is 16.8 Å². The summed E-state index contributed by atoms with van der Waals surface area (Å²) in [5, 5.41) is 14.5. The molecule has 1 fully saturated rings. The van der Waals surface area contributed by atoms with Gasteiger partial charge in [-0.15, -0.1) is 0 Å². The van der Waals surface area contributed by atoms with E-state index in [0.717, 1.165) is 17.6 Å². The molecular formula is C20H21N3O2. The monoisotopic (exact) mass is 335 g/mol. The number of benzene rings is 1. The maximum absolute atomic E-state index is 12.1. The topological polar surface area (TPSA) is 67.2 Å². The quantitative estimate of drug-likeness (QED) is 0.772. The average Bonchev–Trinajstić information content (AvgIpc) is 3.18. The standard InChI is InChI=1S/C20H21N3O2/c1-3-23-11-8-13-4-5-14(12-17(13)23)16-7-6-15(18(24)22-16)20(2)9-10-21-19(20)25/h4-8,11-12H,3,9-10H2,1-2H3,(H,21,25)(H,22,24). The minimum Gasteiger partial charge on any atom is -0.493 e. The van der Waals surface area contributed by atoms with Crippen LogP contribution in [0.1, 0.15) is 25.8 Å². The number of fused-ring (bicyclic) bond motifs is 1. The second-order valence-electron chi connectivity index (χ2n) is 6.78. The Morgan fingerprint density at radius 2 is 2.12 bits per heavy atom. The molecule has 2 aromatic heterocycles. The summed E-state index contributed by atoms with van der Waals surface area (Å²) in [4.78, 5) is 16.5. The molecule has 1 unspecified atom stereocenters. The fourth-order valence-corrected chi connectivity index (χ4v) is 3.65. The SMILES string of the molecule is CCn1ccc2ccc(-c3ccc(C4(C)CCNC4=O)c(O)n3)cc21. The maximum atomic E-state index is 12.1. The lowest BCUT2D eigenvalue weighted by atomic mass is 9.81. The van der Waals surface area contributed by atoms with Crippen molar-refractivity contribution in [2.75, 3.05) is 6.54 Å². The van der Waals surface area contributed by atoms with Crippen molar-refractivity contribution in [2.24, 2.45) is 0 Å². The van der Waals surface area contributed by atoms with Crippen molar-refractivity contribution >= 4 is 16.8 Å². The van der Waals surface area contributed by atoms with Gasteiger partial charge in [0.15, 0.2) is 0 Å². The third-order valence-corrected chi connectivity index (χ3v) is 5.29. The van der Waals surface area contributed by atoms with Crippen LogP contribution < -0.4 is 5.32 Å². The van der Waals surface area contributed by atoms with Crippen LogP contribution in [-0.4, -0.2) is 27.1 Å². The van der Waals surface area contributed by atoms with Gasteiger partial charge in [-0.2, -0.15) is 0 Å². The first-order chi connectivity index (χ1) is 12.0. The highest BCUT2D eigenvalue weighted by atomic mass is 16.3. The van der Waals surface area contributed by atoms with Gasteiger partial charge < -0.3 is 15.0 Å². The summed E-state index contributed by atoms with van der Waals surface area (Å²) in [5.74, 6) is -0.123. The van der Waals surface area contributed by atoms with Crippen LogP contribution in [0, 0.1) is 0 Å². The van der Waals surface area contributed by atoms with Gasteiger partial charge in [0.25, 0.3) is 0 Å². The molecule has 1 amide bonds. The van der Waals surface area contributed by atoms with E-state index in [0.29, 0.717) is 24.2 Å². The van der Waals surface area contributed by atoms with Crippen molar-refractivity contribution in [2.45, 2.75) is 32.2 Å². The van der Waals surface area contributed by atoms with E-state index >= 15 is 0 Å². The number of hydrogen-bond donors (Lipinski definition) is 2. The van der Waals surface area contributed by atoms with E-state index in [4.69, 9.17) is 0 Å². The Morgan fingerprint density at radius 1 is 1.28 bits per heavy atom. The summed E-state index contributed by atoms with van der Waals surface area (Å²) < 4.78 is 2.18. The van der Waals surface area contributed by atoms with Crippen molar-refractivity contribution < 1.29 is 9.90 Å². The Balaban J connectivity index is 1.77. The van der Waals surface area contributed by atoms with Gasteiger partial charge in [-0.3, -0.25) is 4.79 Å². The normalized spacial score (nSPS) is 20.2. The van der Waals surface area contributed by atoms with E-state index in [-0.39, 0.29) is 11.8 Å². The van der Waals surface area contributed by atoms with E-state index in [1.807, 2.05) is 25.1 Å². The summed E-state index contributed by atoms with van der Waals surface area (Å²) in [6.45, 7) is 5.49. The number of nitrogens with one attached hydrogen (secondary N) is 1. The van der Waals surface area contributed by atoms with Gasteiger partial charge in [0, 0.05) is 35.9 Å². The van der Waals surface area contributed by atoms with Crippen LogP contribution in [0.5, 0.6) is 5.88 Å². The molecule has 0 aliphatic carbocycles. The Hall–Kier alpha value is -2.82. The van der Waals surface area contributed by atoms with Crippen molar-refractivity contribution in [3.8, 4) is 17.1 Å². The number of amides is 1. The fraction of sp³-hybridized carbons (Fsp3) is 0.300. The first kappa shape index (κ1) is 15.7. The highest BCUT2D eigenvalue weighted by molar-refractivity contribution is 5.90. The van der Waals surface area contributed by atoms with Crippen molar-refractivity contribution in [3.63, 3.8) is 0 Å². The van der Waals surface area contributed by atoms with Crippen LogP contribution in [0.2, 0.25) is 0 Å². The number of carbonyl (C=O) groups excluding carboxylic acids is 1. The van der Waals surface area contributed by atoms with Gasteiger partial charge in [-0.05, 0) is 43.9 Å². The van der Waals surface area contributed by atoms with Crippen molar-refractivity contribution in [3.05, 3.63) is 48.2 Å². The lowest BCUT2D eigenvalue weighted by molar-refractivity contribution is -0.123. The summed E-state index contributed by atoms with van der Waals surface area (Å²) in [6.07, 6.45) is 2.73. The Morgan fingerprint density at radius 3 is 2.80 bits per heavy atom. The molecule has 0 radical (unpaired) electrons. The number of rotatable bonds is 3. The highest BCUT2D eigenvalue weighted by Crippen LogP contribution is 2.37. The molecule has 2 N–H and O–H groups in total. The molecule has 128 valence electrons. The summed E-state index contributed by atoms with van der Waals surface area (Å²) in [7, 11) is 0. The number of nitrogens with zero attached hydrogens (tertiary/aromatic N) is 2. The highest BCUT2D eigenvalue weighted by Gasteiger charge is 2.41. The van der Waals surface area contributed by atoms with E-state index in [1.165, 1.54) is 5.39 Å². The van der Waals surface area contributed by atoms with Crippen LogP contribution >= 0.6 is 0 Å². The molecule has 1 atom stereocenters. The molecule has 0 spiro atoms. The molecule has 5 nitrogen and oxygen atoms in total. The number of aromatic nitrogens is 2. The smallest absolute Gasteiger partial charge is 0.230 e. The summed E-state index contributed by atoms with van der Waals surface area (Å²) in [5.41, 5.74) is 2.67. The lowest BCUT2D eigenvalue weighted by Crippen LogP contribution is -2.32. The fourth-order valence-electron chi connectivity index (χ4n) is 3.65. The van der Waals surface area contributed by atoms with Crippen LogP contribution in [0.3, 0.4) is 0 Å². The van der Waals surface area contributed by atoms with E-state index < -0.39 is 5.41 Å². The molecule has 5 heteroatoms. The van der Waals surface area contributed by atoms with Crippen molar-refractivity contribution in [1.29, 1.82) is 0 Å². The Labute approximate surface area is 146 Å². The van der Waals surface area contributed by atoms with Gasteiger partial charge in [0.2, 0.25) is 11.8 Å². The van der Waals surface area contributed by atoms with Crippen LogP contribution in [0.25, 0.3) is 22.2 Å². The average molecular weight is 335 g/mol. The first-order valence-electron chi connectivity index (χ1n) is 8.61. The van der Waals surface area contributed by atoms with Crippen LogP contribution in [0.15, 0.2) is 42.6 Å². The van der Waals surface area contributed by atoms with Gasteiger partial charge >= 0.3 is 0 Å². The molecule has 3 heterocycles. The lowest BCUT2D eigenvalue weighted by Gasteiger charge is -2.21. The first-order valence-corrected chi connectivity index (χ1v) is 8.61. The van der Waals surface area contributed by atoms with Gasteiger partial charge in [-0.1, -0.05) is 18.2 Å². The van der Waals surface area contributed by atoms with Crippen LogP contribution in [0.4, 0.5) is 0 Å². The maximum Gasteiger partial charge on any atom is 0.230 e. The zero-order valence-electron chi connectivity index (χ0n) is 14.4. The van der Waals surface area contributed by atoms with E-state index in [1.54, 1.807) is 0 Å². The van der Waals surface area contributed by atoms with E-state index in [2.05, 4.69) is 46.2 Å². The third-order valence-electron chi connectivity index (χ3n) is 5.29. The summed E-state index contributed by atoms with van der Waals surface area (Å²) in [6, 6.07) is 12.0. The zero-order chi connectivity index (χ0) is 17.6. The second kappa shape index (κ2) is 5.62. The molecule has 1 aliphatic heterocycles. The molecule has 25 heavy (non-hydrogen) atoms. The molecule has 1 aliphatic rings. The Kier molecular flexibility index (Phi) is 3.53. The molecule has 0 saturated carbocycles. The number of carbonyl (C=O) groups is 1. The number of aryl methyl sites for hydroxylation is 1. The van der Waals surface area contributed by atoms with E-state index in [9.17, 15) is 9.90 Å². The number of hydrogen-bond acceptors (Lipinski definition) is 3. The molecular weight excluding hydrogens is 314 g/mol. The van der Waals surface area contributed by atoms with Gasteiger partial charge in [0.05, 0.1) is 11.1 Å². The zero-order valence-corrected chi connectivity index (χ0v) is 14.4. The molecule has 4 rings (SSSR count). The molecule has 0 bridgehead atoms. The number of aromatic hydroxyl groups is 1. The largest absolute Gasteiger partial charge is 0.493 e. The third kappa shape index (κ3) is 2.38. The summed E-state index contributed by atoms with van der Waals surface area (Å²) >= 11 is 0. The second-order valence-corrected chi connectivity index (χ2v) is 6.78. The molecule has 1 saturated heterocycles. The molecule has 3 aromatic rings. The van der Waals surface area contributed by atoms with Gasteiger partial charge in [0.1, 0.15) is 0 Å². The predicted molar refractivity (Wildman–Crippen MR) is 97.5 cm³/mol. The predicted octanol–water partition coefficient (Wildman–Crippen LogP) is 3.21. The minimum absolute atomic E-state index is 0.0560. The molecule has 1 aromatic carbocycles. The Bertz CT molecular complexity index is 976.